The van der Waals surface area contributed by atoms with E-state index < -0.39 is 6.18 Å². The van der Waals surface area contributed by atoms with E-state index in [4.69, 9.17) is 4.74 Å². The fourth-order valence-corrected chi connectivity index (χ4v) is 5.10. The highest BCUT2D eigenvalue weighted by atomic mass is 19.4. The molecule has 4 heteroatoms. The minimum atomic E-state index is -4.19. The molecule has 2 saturated carbocycles. The summed E-state index contributed by atoms with van der Waals surface area (Å²) in [6.45, 7) is 3.13. The Bertz CT molecular complexity index is 633. The number of rotatable bonds is 8. The largest absolute Gasteiger partial charge is 0.409 e. The number of allylic oxidation sites excluding steroid dienone is 2. The van der Waals surface area contributed by atoms with E-state index in [0.29, 0.717) is 24.0 Å². The summed E-state index contributed by atoms with van der Waals surface area (Å²) >= 11 is 0. The normalized spacial score (nSPS) is 28.1. The fraction of sp³-hybridized carbons (Fsp3) is 0.692. The fourth-order valence-electron chi connectivity index (χ4n) is 5.10. The van der Waals surface area contributed by atoms with Gasteiger partial charge in [0.2, 0.25) is 0 Å². The maximum absolute atomic E-state index is 12.4. The molecule has 30 heavy (non-hydrogen) atoms. The molecule has 1 aromatic rings. The van der Waals surface area contributed by atoms with Crippen LogP contribution in [0.15, 0.2) is 36.4 Å². The molecule has 2 aliphatic rings. The first kappa shape index (κ1) is 23.4. The molecular formula is C26H37F3O. The molecule has 1 nitrogen and oxygen atoms in total. The van der Waals surface area contributed by atoms with Crippen LogP contribution in [0.1, 0.15) is 101 Å². The van der Waals surface area contributed by atoms with E-state index in [2.05, 4.69) is 31.2 Å². The topological polar surface area (TPSA) is 9.23 Å². The van der Waals surface area contributed by atoms with Crippen molar-refractivity contribution in [1.82, 2.24) is 0 Å². The Kier molecular flexibility index (Phi) is 8.85. The molecule has 0 N–H and O–H groups in total. The van der Waals surface area contributed by atoms with Gasteiger partial charge in [-0.3, -0.25) is 0 Å². The third-order valence-corrected chi connectivity index (χ3v) is 6.98. The first-order valence-corrected chi connectivity index (χ1v) is 11.9. The summed E-state index contributed by atoms with van der Waals surface area (Å²) in [5, 5.41) is 0. The highest BCUT2D eigenvalue weighted by Crippen LogP contribution is 2.39. The molecule has 2 aliphatic carbocycles. The molecule has 0 aliphatic heterocycles. The van der Waals surface area contributed by atoms with Gasteiger partial charge in [0.1, 0.15) is 0 Å². The Morgan fingerprint density at radius 1 is 0.833 bits per heavy atom. The van der Waals surface area contributed by atoms with Crippen LogP contribution >= 0.6 is 0 Å². The van der Waals surface area contributed by atoms with Crippen molar-refractivity contribution >= 4 is 0 Å². The lowest BCUT2D eigenvalue weighted by Crippen LogP contribution is -2.21. The molecule has 1 aromatic carbocycles. The molecule has 0 aromatic heterocycles. The van der Waals surface area contributed by atoms with Crippen molar-refractivity contribution in [3.63, 3.8) is 0 Å². The van der Waals surface area contributed by atoms with Crippen LogP contribution in [0, 0.1) is 5.92 Å². The Morgan fingerprint density at radius 2 is 1.37 bits per heavy atom. The van der Waals surface area contributed by atoms with Gasteiger partial charge in [-0.25, -0.2) is 0 Å². The Morgan fingerprint density at radius 3 is 1.87 bits per heavy atom. The van der Waals surface area contributed by atoms with Gasteiger partial charge in [0, 0.05) is 12.7 Å². The van der Waals surface area contributed by atoms with Gasteiger partial charge >= 0.3 is 6.18 Å². The van der Waals surface area contributed by atoms with E-state index in [-0.39, 0.29) is 5.92 Å². The summed E-state index contributed by atoms with van der Waals surface area (Å²) in [5.74, 6) is 1.20. The van der Waals surface area contributed by atoms with Gasteiger partial charge in [-0.2, -0.15) is 13.2 Å². The van der Waals surface area contributed by atoms with Crippen molar-refractivity contribution in [2.45, 2.75) is 102 Å². The lowest BCUT2D eigenvalue weighted by atomic mass is 9.77. The van der Waals surface area contributed by atoms with E-state index in [1.165, 1.54) is 49.3 Å². The van der Waals surface area contributed by atoms with Crippen LogP contribution in [0.3, 0.4) is 0 Å². The monoisotopic (exact) mass is 422 g/mol. The van der Waals surface area contributed by atoms with Crippen molar-refractivity contribution in [3.05, 3.63) is 47.5 Å². The van der Waals surface area contributed by atoms with Crippen molar-refractivity contribution < 1.29 is 17.9 Å². The number of benzene rings is 1. The van der Waals surface area contributed by atoms with Crippen molar-refractivity contribution in [2.24, 2.45) is 5.92 Å². The summed E-state index contributed by atoms with van der Waals surface area (Å²) in [5.41, 5.74) is 2.79. The number of hydrogen-bond donors (Lipinski definition) is 0. The molecule has 0 spiro atoms. The standard InChI is InChI=1S/C26H37F3O/c1-2-3-4-19-30-25-15-13-24(14-16-25)23-11-9-22(10-12-23)21-7-5-20(6-8-21)17-18-26(27,28)29/h9-12,17-18,20-21,24-25H,2-8,13-16,19H2,1H3/t20-,21-,24-,25-. The zero-order chi connectivity index (χ0) is 21.4. The van der Waals surface area contributed by atoms with Gasteiger partial charge in [-0.05, 0) is 86.7 Å². The predicted molar refractivity (Wildman–Crippen MR) is 117 cm³/mol. The predicted octanol–water partition coefficient (Wildman–Crippen LogP) is 8.31. The van der Waals surface area contributed by atoms with Crippen LogP contribution in [-0.2, 0) is 4.74 Å². The minimum Gasteiger partial charge on any atom is -0.378 e. The van der Waals surface area contributed by atoms with Gasteiger partial charge in [0.15, 0.2) is 0 Å². The molecule has 168 valence electrons. The molecule has 3 rings (SSSR count). The van der Waals surface area contributed by atoms with Gasteiger partial charge in [-0.1, -0.05) is 50.1 Å². The first-order chi connectivity index (χ1) is 14.4. The molecule has 0 bridgehead atoms. The number of hydrogen-bond acceptors (Lipinski definition) is 1. The molecule has 0 heterocycles. The van der Waals surface area contributed by atoms with Crippen LogP contribution in [-0.4, -0.2) is 18.9 Å². The van der Waals surface area contributed by atoms with Gasteiger partial charge in [0.05, 0.1) is 6.10 Å². The molecule has 0 amide bonds. The van der Waals surface area contributed by atoms with Gasteiger partial charge in [-0.15, -0.1) is 0 Å². The molecular weight excluding hydrogens is 385 g/mol. The Hall–Kier alpha value is -1.29. The Labute approximate surface area is 180 Å². The van der Waals surface area contributed by atoms with E-state index in [1.807, 2.05) is 0 Å². The second kappa shape index (κ2) is 11.4. The van der Waals surface area contributed by atoms with Crippen LogP contribution < -0.4 is 0 Å². The summed E-state index contributed by atoms with van der Waals surface area (Å²) in [6.07, 6.45) is 10.1. The smallest absolute Gasteiger partial charge is 0.378 e. The SMILES string of the molecule is CCCCCO[C@H]1CC[C@H](c2ccc([C@H]3CC[C@H](C=CC(F)(F)F)CC3)cc2)CC1. The van der Waals surface area contributed by atoms with E-state index in [0.717, 1.165) is 45.1 Å². The lowest BCUT2D eigenvalue weighted by Gasteiger charge is -2.30. The average Bonchev–Trinajstić information content (AvgIpc) is 2.76. The average molecular weight is 423 g/mol. The van der Waals surface area contributed by atoms with E-state index in [9.17, 15) is 13.2 Å². The number of unbranched alkanes of at least 4 members (excludes halogenated alkanes) is 2. The number of halogens is 3. The number of ether oxygens (including phenoxy) is 1. The maximum atomic E-state index is 12.4. The quantitative estimate of drug-likeness (QED) is 0.302. The molecule has 0 saturated heterocycles. The third-order valence-electron chi connectivity index (χ3n) is 6.98. The van der Waals surface area contributed by atoms with Gasteiger partial charge < -0.3 is 4.74 Å². The van der Waals surface area contributed by atoms with Crippen LogP contribution in [0.5, 0.6) is 0 Å². The maximum Gasteiger partial charge on any atom is 0.409 e. The summed E-state index contributed by atoms with van der Waals surface area (Å²) < 4.78 is 43.1. The van der Waals surface area contributed by atoms with Crippen LogP contribution in [0.25, 0.3) is 0 Å². The minimum absolute atomic E-state index is 0.0709. The Balaban J connectivity index is 1.42. The highest BCUT2D eigenvalue weighted by molar-refractivity contribution is 5.28. The van der Waals surface area contributed by atoms with E-state index >= 15 is 0 Å². The summed E-state index contributed by atoms with van der Waals surface area (Å²) in [6, 6.07) is 9.11. The van der Waals surface area contributed by atoms with Gasteiger partial charge in [0.25, 0.3) is 0 Å². The number of alkyl halides is 3. The molecule has 0 radical (unpaired) electrons. The van der Waals surface area contributed by atoms with E-state index in [1.54, 1.807) is 0 Å². The van der Waals surface area contributed by atoms with Crippen LogP contribution in [0.2, 0.25) is 0 Å². The second-order valence-corrected chi connectivity index (χ2v) is 9.23. The second-order valence-electron chi connectivity index (χ2n) is 9.23. The van der Waals surface area contributed by atoms with Crippen molar-refractivity contribution in [2.75, 3.05) is 6.61 Å². The lowest BCUT2D eigenvalue weighted by molar-refractivity contribution is -0.0803. The van der Waals surface area contributed by atoms with Crippen molar-refractivity contribution in [1.29, 1.82) is 0 Å². The summed E-state index contributed by atoms with van der Waals surface area (Å²) in [4.78, 5) is 0. The molecule has 0 atom stereocenters. The molecule has 0 unspecified atom stereocenters. The summed E-state index contributed by atoms with van der Waals surface area (Å²) in [7, 11) is 0. The molecule has 2 fully saturated rings. The zero-order valence-corrected chi connectivity index (χ0v) is 18.3. The van der Waals surface area contributed by atoms with Crippen molar-refractivity contribution in [3.8, 4) is 0 Å². The van der Waals surface area contributed by atoms with Crippen LogP contribution in [0.4, 0.5) is 13.2 Å². The highest BCUT2D eigenvalue weighted by Gasteiger charge is 2.26. The third kappa shape index (κ3) is 7.44. The zero-order valence-electron chi connectivity index (χ0n) is 18.3. The first-order valence-electron chi connectivity index (χ1n) is 11.9.